The van der Waals surface area contributed by atoms with E-state index in [-0.39, 0.29) is 18.8 Å². The van der Waals surface area contributed by atoms with E-state index in [2.05, 4.69) is 20.4 Å². The van der Waals surface area contributed by atoms with E-state index >= 15 is 0 Å². The molecule has 1 N–H and O–H groups in total. The topological polar surface area (TPSA) is 84.7 Å². The molecule has 1 aliphatic rings. The van der Waals surface area contributed by atoms with Crippen LogP contribution in [-0.2, 0) is 16.1 Å². The largest absolute Gasteiger partial charge is 0.378 e. The Hall–Kier alpha value is -3.14. The first-order valence-electron chi connectivity index (χ1n) is 8.29. The summed E-state index contributed by atoms with van der Waals surface area (Å²) in [6, 6.07) is 4.57. The predicted molar refractivity (Wildman–Crippen MR) is 92.2 cm³/mol. The molecule has 3 aromatic rings. The highest BCUT2D eigenvalue weighted by Crippen LogP contribution is 2.28. The molecular formula is C17H16F2N6O2. The van der Waals surface area contributed by atoms with Gasteiger partial charge in [0.1, 0.15) is 35.5 Å². The van der Waals surface area contributed by atoms with Crippen LogP contribution in [0.3, 0.4) is 0 Å². The number of amides is 1. The van der Waals surface area contributed by atoms with Gasteiger partial charge in [-0.05, 0) is 18.6 Å². The standard InChI is InChI=1S/C17H16F2N6O2/c1-27-8-10-7-14(25-17(22-10)20-9-21-25)23-13-5-6-24(16(13)26)15-11(18)3-2-4-12(15)19/h2-4,7,9,13,23H,5-6,8H2,1H3. The van der Waals surface area contributed by atoms with E-state index < -0.39 is 23.6 Å². The molecule has 1 unspecified atom stereocenters. The third-order valence-electron chi connectivity index (χ3n) is 4.33. The lowest BCUT2D eigenvalue weighted by atomic mass is 10.2. The zero-order valence-electron chi connectivity index (χ0n) is 14.4. The minimum Gasteiger partial charge on any atom is -0.378 e. The van der Waals surface area contributed by atoms with Crippen molar-refractivity contribution >= 4 is 23.2 Å². The lowest BCUT2D eigenvalue weighted by Crippen LogP contribution is -2.35. The fourth-order valence-electron chi connectivity index (χ4n) is 3.15. The van der Waals surface area contributed by atoms with Crippen molar-refractivity contribution < 1.29 is 18.3 Å². The Morgan fingerprint density at radius 1 is 1.33 bits per heavy atom. The highest BCUT2D eigenvalue weighted by molar-refractivity contribution is 6.01. The number of nitrogens with zero attached hydrogens (tertiary/aromatic N) is 5. The van der Waals surface area contributed by atoms with E-state index in [0.717, 1.165) is 17.0 Å². The molecule has 1 saturated heterocycles. The van der Waals surface area contributed by atoms with Gasteiger partial charge >= 0.3 is 0 Å². The summed E-state index contributed by atoms with van der Waals surface area (Å²) in [7, 11) is 1.55. The maximum absolute atomic E-state index is 14.0. The molecule has 0 aliphatic carbocycles. The molecule has 1 atom stereocenters. The zero-order valence-corrected chi connectivity index (χ0v) is 14.4. The van der Waals surface area contributed by atoms with Gasteiger partial charge in [0.25, 0.3) is 5.78 Å². The van der Waals surface area contributed by atoms with Gasteiger partial charge in [-0.3, -0.25) is 4.79 Å². The molecule has 1 amide bonds. The lowest BCUT2D eigenvalue weighted by molar-refractivity contribution is -0.117. The van der Waals surface area contributed by atoms with Crippen LogP contribution in [-0.4, -0.2) is 45.2 Å². The van der Waals surface area contributed by atoms with E-state index in [1.807, 2.05) is 0 Å². The summed E-state index contributed by atoms with van der Waals surface area (Å²) in [6.07, 6.45) is 1.73. The normalized spacial score (nSPS) is 17.1. The molecule has 140 valence electrons. The van der Waals surface area contributed by atoms with Gasteiger partial charge in [-0.2, -0.15) is 14.6 Å². The summed E-state index contributed by atoms with van der Waals surface area (Å²) in [6.45, 7) is 0.466. The predicted octanol–water partition coefficient (Wildman–Crippen LogP) is 1.77. The number of carbonyl (C=O) groups is 1. The van der Waals surface area contributed by atoms with Gasteiger partial charge in [-0.15, -0.1) is 0 Å². The average molecular weight is 374 g/mol. The minimum atomic E-state index is -0.769. The van der Waals surface area contributed by atoms with Crippen molar-refractivity contribution in [3.05, 3.63) is 47.9 Å². The summed E-state index contributed by atoms with van der Waals surface area (Å²) in [5.74, 6) is -1.10. The van der Waals surface area contributed by atoms with Crippen LogP contribution in [0.4, 0.5) is 20.3 Å². The number of ether oxygens (including phenoxy) is 1. The van der Waals surface area contributed by atoms with Gasteiger partial charge in [0.15, 0.2) is 0 Å². The van der Waals surface area contributed by atoms with E-state index in [1.165, 1.54) is 16.9 Å². The number of fused-ring (bicyclic) bond motifs is 1. The third kappa shape index (κ3) is 3.08. The smallest absolute Gasteiger partial charge is 0.254 e. The molecule has 1 aliphatic heterocycles. The first-order valence-corrected chi connectivity index (χ1v) is 8.29. The quantitative estimate of drug-likeness (QED) is 0.733. The maximum atomic E-state index is 14.0. The maximum Gasteiger partial charge on any atom is 0.254 e. The van der Waals surface area contributed by atoms with Crippen LogP contribution < -0.4 is 10.2 Å². The number of rotatable bonds is 5. The highest BCUT2D eigenvalue weighted by atomic mass is 19.1. The summed E-state index contributed by atoms with van der Waals surface area (Å²) >= 11 is 0. The Bertz CT molecular complexity index is 988. The Morgan fingerprint density at radius 3 is 2.85 bits per heavy atom. The first kappa shape index (κ1) is 17.3. The molecule has 2 aromatic heterocycles. The van der Waals surface area contributed by atoms with E-state index in [9.17, 15) is 13.6 Å². The molecule has 3 heterocycles. The average Bonchev–Trinajstić information content (AvgIpc) is 3.24. The molecule has 0 bridgehead atoms. The van der Waals surface area contributed by atoms with Gasteiger partial charge in [0.2, 0.25) is 5.91 Å². The number of nitrogens with one attached hydrogen (secondary N) is 1. The number of benzene rings is 1. The fraction of sp³-hybridized carbons (Fsp3) is 0.294. The Kier molecular flexibility index (Phi) is 4.40. The van der Waals surface area contributed by atoms with Crippen LogP contribution in [0.1, 0.15) is 12.1 Å². The third-order valence-corrected chi connectivity index (χ3v) is 4.33. The second-order valence-corrected chi connectivity index (χ2v) is 6.08. The van der Waals surface area contributed by atoms with E-state index in [1.54, 1.807) is 13.2 Å². The van der Waals surface area contributed by atoms with Crippen LogP contribution in [0.5, 0.6) is 0 Å². The number of hydrogen-bond donors (Lipinski definition) is 1. The number of para-hydroxylation sites is 1. The second-order valence-electron chi connectivity index (χ2n) is 6.08. The monoisotopic (exact) mass is 374 g/mol. The Balaban J connectivity index is 1.62. The molecule has 4 rings (SSSR count). The molecule has 8 nitrogen and oxygen atoms in total. The number of hydrogen-bond acceptors (Lipinski definition) is 6. The second kappa shape index (κ2) is 6.88. The molecule has 1 fully saturated rings. The minimum absolute atomic E-state index is 0.199. The van der Waals surface area contributed by atoms with Crippen molar-refractivity contribution in [2.75, 3.05) is 23.9 Å². The molecule has 27 heavy (non-hydrogen) atoms. The summed E-state index contributed by atoms with van der Waals surface area (Å²) < 4.78 is 34.6. The van der Waals surface area contributed by atoms with Crippen LogP contribution in [0.25, 0.3) is 5.78 Å². The Labute approximate surface area is 152 Å². The molecular weight excluding hydrogens is 358 g/mol. The number of carbonyl (C=O) groups excluding carboxylic acids is 1. The SMILES string of the molecule is COCc1cc(NC2CCN(c3c(F)cccc3F)C2=O)n2ncnc2n1. The van der Waals surface area contributed by atoms with Gasteiger partial charge in [-0.25, -0.2) is 13.8 Å². The van der Waals surface area contributed by atoms with E-state index in [4.69, 9.17) is 4.74 Å². The summed E-state index contributed by atoms with van der Waals surface area (Å²) in [5.41, 5.74) is 0.287. The van der Waals surface area contributed by atoms with Crippen molar-refractivity contribution in [1.29, 1.82) is 0 Å². The first-order chi connectivity index (χ1) is 13.1. The molecule has 0 spiro atoms. The van der Waals surface area contributed by atoms with Crippen LogP contribution in [0, 0.1) is 11.6 Å². The highest BCUT2D eigenvalue weighted by Gasteiger charge is 2.35. The number of halogens is 2. The molecule has 10 heteroatoms. The van der Waals surface area contributed by atoms with Crippen molar-refractivity contribution in [1.82, 2.24) is 19.6 Å². The van der Waals surface area contributed by atoms with Crippen LogP contribution in [0.15, 0.2) is 30.6 Å². The van der Waals surface area contributed by atoms with Crippen molar-refractivity contribution in [2.45, 2.75) is 19.1 Å². The lowest BCUT2D eigenvalue weighted by Gasteiger charge is -2.19. The van der Waals surface area contributed by atoms with Crippen LogP contribution >= 0.6 is 0 Å². The summed E-state index contributed by atoms with van der Waals surface area (Å²) in [5, 5.41) is 7.17. The van der Waals surface area contributed by atoms with Crippen LogP contribution in [0.2, 0.25) is 0 Å². The van der Waals surface area contributed by atoms with Gasteiger partial charge in [-0.1, -0.05) is 6.07 Å². The molecule has 1 aromatic carbocycles. The fourth-order valence-corrected chi connectivity index (χ4v) is 3.15. The summed E-state index contributed by atoms with van der Waals surface area (Å²) in [4.78, 5) is 22.2. The number of aromatic nitrogens is 4. The van der Waals surface area contributed by atoms with Crippen molar-refractivity contribution in [3.8, 4) is 0 Å². The number of methoxy groups -OCH3 is 1. The Morgan fingerprint density at radius 2 is 2.11 bits per heavy atom. The molecule has 0 saturated carbocycles. The van der Waals surface area contributed by atoms with E-state index in [0.29, 0.717) is 23.7 Å². The van der Waals surface area contributed by atoms with Gasteiger partial charge in [0.05, 0.1) is 12.3 Å². The zero-order chi connectivity index (χ0) is 19.0. The molecule has 0 radical (unpaired) electrons. The van der Waals surface area contributed by atoms with Crippen molar-refractivity contribution in [3.63, 3.8) is 0 Å². The number of anilines is 2. The van der Waals surface area contributed by atoms with Gasteiger partial charge < -0.3 is 15.0 Å². The van der Waals surface area contributed by atoms with Gasteiger partial charge in [0, 0.05) is 19.7 Å². The van der Waals surface area contributed by atoms with Crippen molar-refractivity contribution in [2.24, 2.45) is 0 Å².